The molecule has 0 aliphatic carbocycles. The summed E-state index contributed by atoms with van der Waals surface area (Å²) in [5, 5.41) is 2.60. The number of aryl methyl sites for hydroxylation is 1. The monoisotopic (exact) mass is 306 g/mol. The van der Waals surface area contributed by atoms with Gasteiger partial charge < -0.3 is 10.2 Å². The third-order valence-electron chi connectivity index (χ3n) is 3.99. The van der Waals surface area contributed by atoms with Crippen molar-refractivity contribution in [1.29, 1.82) is 0 Å². The molecule has 1 aromatic rings. The van der Waals surface area contributed by atoms with Crippen molar-refractivity contribution in [2.75, 3.05) is 18.9 Å². The van der Waals surface area contributed by atoms with Crippen LogP contribution in [0.4, 0.5) is 5.69 Å². The molecule has 0 aliphatic heterocycles. The van der Waals surface area contributed by atoms with Crippen LogP contribution >= 0.6 is 0 Å². The van der Waals surface area contributed by atoms with E-state index in [4.69, 9.17) is 0 Å². The van der Waals surface area contributed by atoms with Gasteiger partial charge in [-0.1, -0.05) is 58.2 Å². The van der Waals surface area contributed by atoms with E-state index in [1.54, 1.807) is 0 Å². The minimum atomic E-state index is 0.683. The highest BCUT2D eigenvalue weighted by atomic mass is 16.1. The molecule has 126 valence electrons. The number of rotatable bonds is 9. The molecule has 1 N–H and O–H groups in total. The van der Waals surface area contributed by atoms with Gasteiger partial charge in [0.05, 0.1) is 0 Å². The van der Waals surface area contributed by atoms with E-state index in [1.165, 1.54) is 38.6 Å². The Labute approximate surface area is 137 Å². The molecular weight excluding hydrogens is 272 g/mol. The number of carbonyl (C=O) groups is 1. The SMILES string of the molecule is CCCCC(CCC)N(C)CC.Cc1ccccc1NC=O. The van der Waals surface area contributed by atoms with Gasteiger partial charge in [0.25, 0.3) is 0 Å². The third kappa shape index (κ3) is 8.83. The van der Waals surface area contributed by atoms with Crippen LogP contribution in [-0.2, 0) is 4.79 Å². The Balaban J connectivity index is 0.000000406. The van der Waals surface area contributed by atoms with Crippen LogP contribution in [0.2, 0.25) is 0 Å². The summed E-state index contributed by atoms with van der Waals surface area (Å²) >= 11 is 0. The number of hydrogen-bond donors (Lipinski definition) is 1. The molecule has 1 amide bonds. The van der Waals surface area contributed by atoms with Crippen LogP contribution in [0.25, 0.3) is 0 Å². The molecule has 1 aromatic carbocycles. The first-order valence-electron chi connectivity index (χ1n) is 8.56. The topological polar surface area (TPSA) is 32.3 Å². The van der Waals surface area contributed by atoms with Gasteiger partial charge in [0, 0.05) is 11.7 Å². The molecule has 22 heavy (non-hydrogen) atoms. The van der Waals surface area contributed by atoms with Gasteiger partial charge in [-0.25, -0.2) is 0 Å². The number of amides is 1. The maximum absolute atomic E-state index is 10.0. The van der Waals surface area contributed by atoms with Crippen molar-refractivity contribution in [2.45, 2.75) is 65.8 Å². The quantitative estimate of drug-likeness (QED) is 0.661. The van der Waals surface area contributed by atoms with E-state index in [9.17, 15) is 4.79 Å². The minimum Gasteiger partial charge on any atom is -0.328 e. The Bertz CT molecular complexity index is 393. The molecule has 0 fully saturated rings. The van der Waals surface area contributed by atoms with Crippen molar-refractivity contribution in [2.24, 2.45) is 0 Å². The van der Waals surface area contributed by atoms with E-state index in [0.717, 1.165) is 17.3 Å². The average Bonchev–Trinajstić information content (AvgIpc) is 2.54. The standard InChI is InChI=1S/C11H25N.C8H9NO/c1-5-8-10-11(9-6-2)12(4)7-3;1-7-4-2-3-5-8(7)9-6-10/h11H,5-10H2,1-4H3;2-6H,1H3,(H,9,10). The lowest BCUT2D eigenvalue weighted by Gasteiger charge is -2.26. The number of unbranched alkanes of at least 4 members (excludes halogenated alkanes) is 1. The molecule has 0 radical (unpaired) electrons. The first-order chi connectivity index (χ1) is 10.6. The van der Waals surface area contributed by atoms with Gasteiger partial charge in [-0.05, 0) is 45.0 Å². The lowest BCUT2D eigenvalue weighted by atomic mass is 10.0. The summed E-state index contributed by atoms with van der Waals surface area (Å²) in [5.41, 5.74) is 1.95. The smallest absolute Gasteiger partial charge is 0.211 e. The number of anilines is 1. The van der Waals surface area contributed by atoms with E-state index in [-0.39, 0.29) is 0 Å². The van der Waals surface area contributed by atoms with Crippen molar-refractivity contribution in [3.63, 3.8) is 0 Å². The molecule has 1 rings (SSSR count). The summed E-state index contributed by atoms with van der Waals surface area (Å²) in [6, 6.07) is 8.47. The van der Waals surface area contributed by atoms with Gasteiger partial charge in [0.15, 0.2) is 0 Å². The van der Waals surface area contributed by atoms with Crippen LogP contribution in [0.1, 0.15) is 58.4 Å². The highest BCUT2D eigenvalue weighted by molar-refractivity contribution is 5.72. The molecule has 1 atom stereocenters. The maximum atomic E-state index is 10.0. The van der Waals surface area contributed by atoms with Gasteiger partial charge >= 0.3 is 0 Å². The second-order valence-electron chi connectivity index (χ2n) is 5.74. The molecule has 1 unspecified atom stereocenters. The van der Waals surface area contributed by atoms with Crippen molar-refractivity contribution in [3.05, 3.63) is 29.8 Å². The van der Waals surface area contributed by atoms with Crippen molar-refractivity contribution < 1.29 is 4.79 Å². The zero-order chi connectivity index (χ0) is 16.8. The van der Waals surface area contributed by atoms with E-state index in [1.807, 2.05) is 31.2 Å². The summed E-state index contributed by atoms with van der Waals surface area (Å²) < 4.78 is 0. The van der Waals surface area contributed by atoms with Crippen LogP contribution < -0.4 is 5.32 Å². The molecule has 0 saturated carbocycles. The lowest BCUT2D eigenvalue weighted by Crippen LogP contribution is -2.31. The molecule has 3 nitrogen and oxygen atoms in total. The molecule has 0 spiro atoms. The zero-order valence-corrected chi connectivity index (χ0v) is 15.1. The number of nitrogens with one attached hydrogen (secondary N) is 1. The first kappa shape index (κ1) is 20.6. The predicted molar refractivity (Wildman–Crippen MR) is 97.4 cm³/mol. The number of nitrogens with zero attached hydrogens (tertiary/aromatic N) is 1. The average molecular weight is 306 g/mol. The second kappa shape index (κ2) is 13.3. The number of benzene rings is 1. The van der Waals surface area contributed by atoms with Crippen LogP contribution in [0.15, 0.2) is 24.3 Å². The molecule has 3 heteroatoms. The highest BCUT2D eigenvalue weighted by Crippen LogP contribution is 2.12. The minimum absolute atomic E-state index is 0.683. The molecule has 0 aliphatic rings. The van der Waals surface area contributed by atoms with Crippen molar-refractivity contribution in [1.82, 2.24) is 4.90 Å². The number of para-hydroxylation sites is 1. The lowest BCUT2D eigenvalue weighted by molar-refractivity contribution is -0.105. The maximum Gasteiger partial charge on any atom is 0.211 e. The van der Waals surface area contributed by atoms with E-state index in [2.05, 4.69) is 38.0 Å². The van der Waals surface area contributed by atoms with E-state index < -0.39 is 0 Å². The van der Waals surface area contributed by atoms with Gasteiger partial charge in [-0.15, -0.1) is 0 Å². The fraction of sp³-hybridized carbons (Fsp3) is 0.632. The van der Waals surface area contributed by atoms with Gasteiger partial charge in [-0.3, -0.25) is 4.79 Å². The Hall–Kier alpha value is -1.35. The Kier molecular flexibility index (Phi) is 12.5. The molecule has 0 heterocycles. The normalized spacial score (nSPS) is 11.5. The van der Waals surface area contributed by atoms with Crippen molar-refractivity contribution in [3.8, 4) is 0 Å². The van der Waals surface area contributed by atoms with Crippen LogP contribution in [0.5, 0.6) is 0 Å². The number of hydrogen-bond acceptors (Lipinski definition) is 2. The largest absolute Gasteiger partial charge is 0.328 e. The van der Waals surface area contributed by atoms with Crippen LogP contribution in [0.3, 0.4) is 0 Å². The van der Waals surface area contributed by atoms with Crippen LogP contribution in [-0.4, -0.2) is 30.9 Å². The summed E-state index contributed by atoms with van der Waals surface area (Å²) in [5.74, 6) is 0. The second-order valence-corrected chi connectivity index (χ2v) is 5.74. The summed E-state index contributed by atoms with van der Waals surface area (Å²) in [7, 11) is 2.25. The zero-order valence-electron chi connectivity index (χ0n) is 15.1. The van der Waals surface area contributed by atoms with E-state index in [0.29, 0.717) is 6.41 Å². The fourth-order valence-corrected chi connectivity index (χ4v) is 2.41. The highest BCUT2D eigenvalue weighted by Gasteiger charge is 2.10. The van der Waals surface area contributed by atoms with Gasteiger partial charge in [-0.2, -0.15) is 0 Å². The summed E-state index contributed by atoms with van der Waals surface area (Å²) in [6.07, 6.45) is 7.47. The van der Waals surface area contributed by atoms with E-state index >= 15 is 0 Å². The Morgan fingerprint density at radius 1 is 1.14 bits per heavy atom. The van der Waals surface area contributed by atoms with Gasteiger partial charge in [0.1, 0.15) is 0 Å². The Morgan fingerprint density at radius 3 is 2.32 bits per heavy atom. The summed E-state index contributed by atoms with van der Waals surface area (Å²) in [6.45, 7) is 9.94. The molecular formula is C19H34N2O. The fourth-order valence-electron chi connectivity index (χ4n) is 2.41. The van der Waals surface area contributed by atoms with Gasteiger partial charge in [0.2, 0.25) is 6.41 Å². The summed E-state index contributed by atoms with van der Waals surface area (Å²) in [4.78, 5) is 12.5. The molecule has 0 saturated heterocycles. The number of carbonyl (C=O) groups excluding carboxylic acids is 1. The molecule has 0 bridgehead atoms. The van der Waals surface area contributed by atoms with Crippen LogP contribution in [0, 0.1) is 6.92 Å². The third-order valence-corrected chi connectivity index (χ3v) is 3.99. The first-order valence-corrected chi connectivity index (χ1v) is 8.56. The Morgan fingerprint density at radius 2 is 1.82 bits per heavy atom. The van der Waals surface area contributed by atoms with Crippen molar-refractivity contribution >= 4 is 12.1 Å². The molecule has 0 aromatic heterocycles. The predicted octanol–water partition coefficient (Wildman–Crippen LogP) is 4.86.